The van der Waals surface area contributed by atoms with Gasteiger partial charge in [-0.1, -0.05) is 18.2 Å². The minimum Gasteiger partial charge on any atom is -0.370 e. The van der Waals surface area contributed by atoms with Crippen LogP contribution in [0.4, 0.5) is 10.1 Å². The van der Waals surface area contributed by atoms with Gasteiger partial charge in [0.1, 0.15) is 5.82 Å². The minimum absolute atomic E-state index is 0.00378. The number of aryl methyl sites for hydroxylation is 1. The van der Waals surface area contributed by atoms with Crippen LogP contribution in [0, 0.1) is 12.7 Å². The van der Waals surface area contributed by atoms with E-state index >= 15 is 0 Å². The summed E-state index contributed by atoms with van der Waals surface area (Å²) in [6, 6.07) is 10.5. The van der Waals surface area contributed by atoms with Crippen molar-refractivity contribution in [2.45, 2.75) is 13.3 Å². The van der Waals surface area contributed by atoms with Gasteiger partial charge in [-0.25, -0.2) is 4.39 Å². The average molecular weight is 343 g/mol. The van der Waals surface area contributed by atoms with Gasteiger partial charge in [0.25, 0.3) is 11.8 Å². The van der Waals surface area contributed by atoms with Gasteiger partial charge in [0.15, 0.2) is 0 Å². The molecule has 2 aromatic carbocycles. The number of hydrogen-bond acceptors (Lipinski definition) is 3. The third-order valence-electron chi connectivity index (χ3n) is 3.52. The highest BCUT2D eigenvalue weighted by Gasteiger charge is 2.14. The number of anilines is 1. The van der Waals surface area contributed by atoms with Gasteiger partial charge in [0.05, 0.1) is 5.69 Å². The lowest BCUT2D eigenvalue weighted by molar-refractivity contribution is -0.117. The maximum absolute atomic E-state index is 14.0. The highest BCUT2D eigenvalue weighted by atomic mass is 19.1. The lowest BCUT2D eigenvalue weighted by Gasteiger charge is -2.10. The van der Waals surface area contributed by atoms with Crippen LogP contribution in [-0.4, -0.2) is 24.3 Å². The summed E-state index contributed by atoms with van der Waals surface area (Å²) < 4.78 is 14.0. The van der Waals surface area contributed by atoms with E-state index in [0.29, 0.717) is 5.56 Å². The van der Waals surface area contributed by atoms with E-state index < -0.39 is 23.5 Å². The molecule has 6 nitrogen and oxygen atoms in total. The van der Waals surface area contributed by atoms with E-state index in [1.807, 2.05) is 0 Å². The van der Waals surface area contributed by atoms with Crippen molar-refractivity contribution in [3.63, 3.8) is 0 Å². The van der Waals surface area contributed by atoms with E-state index in [-0.39, 0.29) is 24.2 Å². The molecule has 2 aromatic rings. The molecule has 7 heteroatoms. The van der Waals surface area contributed by atoms with Crippen molar-refractivity contribution in [1.29, 1.82) is 0 Å². The average Bonchev–Trinajstić information content (AvgIpc) is 2.56. The van der Waals surface area contributed by atoms with Crippen LogP contribution in [0.1, 0.15) is 32.7 Å². The minimum atomic E-state index is -0.657. The van der Waals surface area contributed by atoms with Crippen LogP contribution >= 0.6 is 0 Å². The van der Waals surface area contributed by atoms with Crippen molar-refractivity contribution in [3.8, 4) is 0 Å². The van der Waals surface area contributed by atoms with Crippen molar-refractivity contribution >= 4 is 23.4 Å². The molecule has 0 heterocycles. The van der Waals surface area contributed by atoms with Gasteiger partial charge in [-0.3, -0.25) is 14.4 Å². The standard InChI is InChI=1S/C18H18FN3O3/c1-11-4-2-3-5-13(11)18(25)22-15-10-12(6-7-14(15)19)17(24)21-9-8-16(20)23/h2-7,10H,8-9H2,1H3,(H2,20,23)(H,21,24)(H,22,25). The molecule has 25 heavy (non-hydrogen) atoms. The Balaban J connectivity index is 2.13. The molecule has 0 aliphatic rings. The zero-order valence-electron chi connectivity index (χ0n) is 13.6. The van der Waals surface area contributed by atoms with Crippen molar-refractivity contribution in [2.75, 3.05) is 11.9 Å². The van der Waals surface area contributed by atoms with E-state index in [1.54, 1.807) is 31.2 Å². The molecular formula is C18H18FN3O3. The third kappa shape index (κ3) is 4.87. The topological polar surface area (TPSA) is 101 Å². The van der Waals surface area contributed by atoms with Gasteiger partial charge in [0, 0.05) is 24.1 Å². The van der Waals surface area contributed by atoms with E-state index in [0.717, 1.165) is 11.6 Å². The number of hydrogen-bond donors (Lipinski definition) is 3. The smallest absolute Gasteiger partial charge is 0.256 e. The summed E-state index contributed by atoms with van der Waals surface area (Å²) in [5.74, 6) is -2.16. The fourth-order valence-electron chi connectivity index (χ4n) is 2.18. The van der Waals surface area contributed by atoms with E-state index in [9.17, 15) is 18.8 Å². The molecular weight excluding hydrogens is 325 g/mol. The van der Waals surface area contributed by atoms with Crippen molar-refractivity contribution in [1.82, 2.24) is 5.32 Å². The first-order valence-corrected chi connectivity index (χ1v) is 7.61. The first kappa shape index (κ1) is 18.1. The summed E-state index contributed by atoms with van der Waals surface area (Å²) in [5, 5.41) is 4.97. The molecule has 0 aliphatic carbocycles. The molecule has 0 saturated heterocycles. The molecule has 0 radical (unpaired) electrons. The van der Waals surface area contributed by atoms with E-state index in [2.05, 4.69) is 10.6 Å². The number of nitrogens with one attached hydrogen (secondary N) is 2. The zero-order chi connectivity index (χ0) is 18.4. The Morgan fingerprint density at radius 1 is 1.08 bits per heavy atom. The number of carbonyl (C=O) groups excluding carboxylic acids is 3. The Morgan fingerprint density at radius 3 is 2.48 bits per heavy atom. The van der Waals surface area contributed by atoms with Gasteiger partial charge in [-0.2, -0.15) is 0 Å². The molecule has 0 bridgehead atoms. The quantitative estimate of drug-likeness (QED) is 0.747. The normalized spacial score (nSPS) is 10.2. The van der Waals surface area contributed by atoms with Crippen molar-refractivity contribution < 1.29 is 18.8 Å². The Hall–Kier alpha value is -3.22. The Morgan fingerprint density at radius 2 is 1.80 bits per heavy atom. The maximum atomic E-state index is 14.0. The van der Waals surface area contributed by atoms with Crippen LogP contribution in [0.15, 0.2) is 42.5 Å². The number of benzene rings is 2. The highest BCUT2D eigenvalue weighted by Crippen LogP contribution is 2.18. The molecule has 130 valence electrons. The Labute approximate surface area is 144 Å². The Kier molecular flexibility index (Phi) is 5.84. The van der Waals surface area contributed by atoms with Crippen molar-refractivity contribution in [3.05, 3.63) is 65.0 Å². The summed E-state index contributed by atoms with van der Waals surface area (Å²) >= 11 is 0. The first-order chi connectivity index (χ1) is 11.9. The lowest BCUT2D eigenvalue weighted by Crippen LogP contribution is -2.28. The molecule has 3 amide bonds. The second-order valence-corrected chi connectivity index (χ2v) is 5.44. The van der Waals surface area contributed by atoms with Gasteiger partial charge in [-0.05, 0) is 36.8 Å². The van der Waals surface area contributed by atoms with Crippen LogP contribution < -0.4 is 16.4 Å². The predicted molar refractivity (Wildman–Crippen MR) is 91.7 cm³/mol. The molecule has 2 rings (SSSR count). The number of carbonyl (C=O) groups is 3. The lowest BCUT2D eigenvalue weighted by atomic mass is 10.1. The molecule has 4 N–H and O–H groups in total. The highest BCUT2D eigenvalue weighted by molar-refractivity contribution is 6.06. The third-order valence-corrected chi connectivity index (χ3v) is 3.52. The van der Waals surface area contributed by atoms with Gasteiger partial charge in [0.2, 0.25) is 5.91 Å². The first-order valence-electron chi connectivity index (χ1n) is 7.61. The van der Waals surface area contributed by atoms with Crippen LogP contribution in [0.5, 0.6) is 0 Å². The molecule has 0 atom stereocenters. The monoisotopic (exact) mass is 343 g/mol. The van der Waals surface area contributed by atoms with E-state index in [1.165, 1.54) is 12.1 Å². The molecule has 0 aliphatic heterocycles. The molecule has 0 unspecified atom stereocenters. The summed E-state index contributed by atoms with van der Waals surface area (Å²) in [6.07, 6.45) is 0.00378. The number of halogens is 1. The van der Waals surface area contributed by atoms with Crippen LogP contribution in [0.25, 0.3) is 0 Å². The summed E-state index contributed by atoms with van der Waals surface area (Å²) in [7, 11) is 0. The van der Waals surface area contributed by atoms with Gasteiger partial charge < -0.3 is 16.4 Å². The van der Waals surface area contributed by atoms with Gasteiger partial charge >= 0.3 is 0 Å². The summed E-state index contributed by atoms with van der Waals surface area (Å²) in [5.41, 5.74) is 6.22. The van der Waals surface area contributed by atoms with E-state index in [4.69, 9.17) is 5.73 Å². The summed E-state index contributed by atoms with van der Waals surface area (Å²) in [4.78, 5) is 35.0. The second-order valence-electron chi connectivity index (χ2n) is 5.44. The number of amides is 3. The maximum Gasteiger partial charge on any atom is 0.256 e. The summed E-state index contributed by atoms with van der Waals surface area (Å²) in [6.45, 7) is 1.85. The second kappa shape index (κ2) is 8.05. The SMILES string of the molecule is Cc1ccccc1C(=O)Nc1cc(C(=O)NCCC(N)=O)ccc1F. The fraction of sp³-hybridized carbons (Fsp3) is 0.167. The predicted octanol–water partition coefficient (Wildman–Crippen LogP) is 1.99. The molecule has 0 fully saturated rings. The molecule has 0 spiro atoms. The molecule has 0 aromatic heterocycles. The van der Waals surface area contributed by atoms with Crippen LogP contribution in [0.3, 0.4) is 0 Å². The zero-order valence-corrected chi connectivity index (χ0v) is 13.6. The number of nitrogens with two attached hydrogens (primary N) is 1. The molecule has 0 saturated carbocycles. The van der Waals surface area contributed by atoms with Crippen LogP contribution in [-0.2, 0) is 4.79 Å². The van der Waals surface area contributed by atoms with Crippen LogP contribution in [0.2, 0.25) is 0 Å². The van der Waals surface area contributed by atoms with Crippen molar-refractivity contribution in [2.24, 2.45) is 5.73 Å². The van der Waals surface area contributed by atoms with Gasteiger partial charge in [-0.15, -0.1) is 0 Å². The fourth-order valence-corrected chi connectivity index (χ4v) is 2.18. The Bertz CT molecular complexity index is 821. The largest absolute Gasteiger partial charge is 0.370 e. The number of primary amides is 1. The number of rotatable bonds is 6.